The summed E-state index contributed by atoms with van der Waals surface area (Å²) in [6.07, 6.45) is 7.43. The molecule has 24 heavy (non-hydrogen) atoms. The summed E-state index contributed by atoms with van der Waals surface area (Å²) in [4.78, 5) is 0. The van der Waals surface area contributed by atoms with Crippen LogP contribution >= 0.6 is 0 Å². The number of methoxy groups -OCH3 is 1. The molecule has 1 saturated carbocycles. The third-order valence-corrected chi connectivity index (χ3v) is 7.24. The second-order valence-electron chi connectivity index (χ2n) is 6.58. The van der Waals surface area contributed by atoms with Crippen molar-refractivity contribution < 1.29 is 18.9 Å². The average molecular weight is 395 g/mol. The zero-order valence-electron chi connectivity index (χ0n) is 14.0. The number of rotatable bonds is 4. The molecule has 1 aliphatic carbocycles. The second kappa shape index (κ2) is 7.28. The molecule has 5 heteroatoms. The molecule has 2 aliphatic heterocycles. The van der Waals surface area contributed by atoms with Gasteiger partial charge in [0.05, 0.1) is 0 Å². The topological polar surface area (TPSA) is 36.9 Å². The molecule has 4 rings (SSSR count). The van der Waals surface area contributed by atoms with Crippen LogP contribution in [0.3, 0.4) is 0 Å². The molecule has 2 heterocycles. The summed E-state index contributed by atoms with van der Waals surface area (Å²) >= 11 is 0.213. The summed E-state index contributed by atoms with van der Waals surface area (Å²) in [7, 11) is 1.69. The SMILES string of the molecule is CO[C@@H]1C=C([Se]c2ccccc2)[C@@H](C2COC3(CCCCC3)O2)O1. The van der Waals surface area contributed by atoms with E-state index in [1.807, 2.05) is 0 Å². The van der Waals surface area contributed by atoms with Crippen molar-refractivity contribution in [2.75, 3.05) is 13.7 Å². The predicted molar refractivity (Wildman–Crippen MR) is 92.2 cm³/mol. The van der Waals surface area contributed by atoms with Gasteiger partial charge in [0.2, 0.25) is 0 Å². The molecule has 2 fully saturated rings. The normalized spacial score (nSPS) is 32.2. The van der Waals surface area contributed by atoms with Gasteiger partial charge in [-0.15, -0.1) is 0 Å². The molecule has 1 aromatic carbocycles. The van der Waals surface area contributed by atoms with E-state index >= 15 is 0 Å². The molecule has 0 radical (unpaired) electrons. The Morgan fingerprint density at radius 3 is 2.67 bits per heavy atom. The van der Waals surface area contributed by atoms with Crippen molar-refractivity contribution in [3.8, 4) is 0 Å². The van der Waals surface area contributed by atoms with Crippen molar-refractivity contribution in [3.05, 3.63) is 40.9 Å². The minimum absolute atomic E-state index is 0.0277. The number of benzene rings is 1. The van der Waals surface area contributed by atoms with Crippen LogP contribution < -0.4 is 4.46 Å². The van der Waals surface area contributed by atoms with E-state index in [0.717, 1.165) is 12.8 Å². The van der Waals surface area contributed by atoms with Gasteiger partial charge in [0.1, 0.15) is 0 Å². The van der Waals surface area contributed by atoms with Crippen LogP contribution in [-0.4, -0.2) is 53.0 Å². The second-order valence-corrected chi connectivity index (χ2v) is 8.99. The fourth-order valence-electron chi connectivity index (χ4n) is 3.67. The molecule has 0 N–H and O–H groups in total. The summed E-state index contributed by atoms with van der Waals surface area (Å²) < 4.78 is 26.7. The Kier molecular flexibility index (Phi) is 5.09. The Labute approximate surface area is 149 Å². The molecule has 1 spiro atoms. The van der Waals surface area contributed by atoms with Gasteiger partial charge in [0.25, 0.3) is 0 Å². The zero-order chi connectivity index (χ0) is 16.4. The van der Waals surface area contributed by atoms with E-state index < -0.39 is 0 Å². The van der Waals surface area contributed by atoms with Gasteiger partial charge in [-0.3, -0.25) is 0 Å². The zero-order valence-corrected chi connectivity index (χ0v) is 15.7. The Bertz CT molecular complexity index is 582. The van der Waals surface area contributed by atoms with Crippen LogP contribution in [0.2, 0.25) is 0 Å². The van der Waals surface area contributed by atoms with Gasteiger partial charge in [-0.25, -0.2) is 0 Å². The first-order valence-corrected chi connectivity index (χ1v) is 10.4. The van der Waals surface area contributed by atoms with E-state index in [0.29, 0.717) is 6.61 Å². The molecular formula is C19H24O4Se. The third-order valence-electron chi connectivity index (χ3n) is 4.90. The number of hydrogen-bond donors (Lipinski definition) is 0. The first-order chi connectivity index (χ1) is 11.8. The maximum absolute atomic E-state index is 6.40. The van der Waals surface area contributed by atoms with Crippen LogP contribution in [-0.2, 0) is 18.9 Å². The molecule has 3 aliphatic rings. The van der Waals surface area contributed by atoms with Gasteiger partial charge in [-0.2, -0.15) is 0 Å². The van der Waals surface area contributed by atoms with Crippen molar-refractivity contribution in [1.82, 2.24) is 0 Å². The van der Waals surface area contributed by atoms with Crippen molar-refractivity contribution in [1.29, 1.82) is 0 Å². The van der Waals surface area contributed by atoms with Gasteiger partial charge in [0, 0.05) is 0 Å². The minimum atomic E-state index is -0.359. The molecule has 1 aromatic rings. The average Bonchev–Trinajstić information content (AvgIpc) is 3.21. The summed E-state index contributed by atoms with van der Waals surface area (Å²) in [6, 6.07) is 10.6. The first-order valence-electron chi connectivity index (χ1n) is 8.73. The molecule has 130 valence electrons. The number of hydrogen-bond acceptors (Lipinski definition) is 4. The summed E-state index contributed by atoms with van der Waals surface area (Å²) in [5.74, 6) is -0.359. The van der Waals surface area contributed by atoms with Crippen molar-refractivity contribution in [2.45, 2.75) is 56.4 Å². The van der Waals surface area contributed by atoms with Gasteiger partial charge in [-0.1, -0.05) is 0 Å². The van der Waals surface area contributed by atoms with Gasteiger partial charge >= 0.3 is 149 Å². The molecule has 3 atom stereocenters. The molecule has 0 aromatic heterocycles. The molecule has 4 nitrogen and oxygen atoms in total. The van der Waals surface area contributed by atoms with E-state index in [2.05, 4.69) is 36.4 Å². The Morgan fingerprint density at radius 1 is 1.12 bits per heavy atom. The van der Waals surface area contributed by atoms with Crippen LogP contribution in [0.15, 0.2) is 40.9 Å². The van der Waals surface area contributed by atoms with Crippen LogP contribution in [0.4, 0.5) is 0 Å². The molecule has 0 bridgehead atoms. The molecule has 1 saturated heterocycles. The van der Waals surface area contributed by atoms with Crippen LogP contribution in [0.25, 0.3) is 0 Å². The Morgan fingerprint density at radius 2 is 1.92 bits per heavy atom. The monoisotopic (exact) mass is 396 g/mol. The van der Waals surface area contributed by atoms with E-state index in [4.69, 9.17) is 18.9 Å². The van der Waals surface area contributed by atoms with Crippen molar-refractivity contribution in [3.63, 3.8) is 0 Å². The Hall–Kier alpha value is -0.681. The predicted octanol–water partition coefficient (Wildman–Crippen LogP) is 2.35. The van der Waals surface area contributed by atoms with Crippen molar-refractivity contribution >= 4 is 19.4 Å². The van der Waals surface area contributed by atoms with Crippen LogP contribution in [0.5, 0.6) is 0 Å². The van der Waals surface area contributed by atoms with Gasteiger partial charge in [-0.05, 0) is 0 Å². The van der Waals surface area contributed by atoms with Crippen LogP contribution in [0.1, 0.15) is 32.1 Å². The van der Waals surface area contributed by atoms with E-state index in [-0.39, 0.29) is 39.2 Å². The summed E-state index contributed by atoms with van der Waals surface area (Å²) in [5.41, 5.74) is 0. The standard InChI is InChI=1S/C19H24O4Se/c1-20-17-12-16(24-14-8-4-2-5-9-14)18(22-17)15-13-21-19(23-15)10-6-3-7-11-19/h2,4-5,8-9,12,15,17-18H,3,6-7,10-11,13H2,1H3/t15?,17-,18+/m0/s1. The van der Waals surface area contributed by atoms with E-state index in [1.165, 1.54) is 28.2 Å². The molecular weight excluding hydrogens is 371 g/mol. The van der Waals surface area contributed by atoms with Gasteiger partial charge < -0.3 is 0 Å². The van der Waals surface area contributed by atoms with Crippen molar-refractivity contribution in [2.24, 2.45) is 0 Å². The quantitative estimate of drug-likeness (QED) is 0.734. The third kappa shape index (κ3) is 3.48. The molecule has 0 amide bonds. The fraction of sp³-hybridized carbons (Fsp3) is 0.579. The van der Waals surface area contributed by atoms with Crippen LogP contribution in [0, 0.1) is 0 Å². The first kappa shape index (κ1) is 16.8. The maximum atomic E-state index is 6.40. The fourth-order valence-corrected chi connectivity index (χ4v) is 5.91. The summed E-state index contributed by atoms with van der Waals surface area (Å²) in [6.45, 7) is 0.614. The van der Waals surface area contributed by atoms with E-state index in [9.17, 15) is 0 Å². The number of ether oxygens (including phenoxy) is 4. The molecule has 1 unspecified atom stereocenters. The van der Waals surface area contributed by atoms with Gasteiger partial charge in [0.15, 0.2) is 0 Å². The van der Waals surface area contributed by atoms with E-state index in [1.54, 1.807) is 7.11 Å². The summed E-state index contributed by atoms with van der Waals surface area (Å²) in [5, 5.41) is 0. The Balaban J connectivity index is 1.48.